The molecule has 1 heterocycles. The normalized spacial score (nSPS) is 13.2. The Bertz CT molecular complexity index is 2780. The first-order valence-electron chi connectivity index (χ1n) is 25.5. The van der Waals surface area contributed by atoms with Crippen molar-refractivity contribution in [3.05, 3.63) is 244 Å². The standard InChI is InChI=1S/C62H65N5O7S3/c1-44(2)57(60(73)63-40-56(70)74-3)67-59(72)54(42-77-62(48-30-16-7-17-31-48,49-32-18-8-19-33-49)50-34-20-9-21-35-50)66-58(71)53(38-51-41-75-43-64-51)65-55(69)39-52(68)36-22-23-37-76-61(45-24-10-4-11-25-45,46-26-12-5-13-27-46)47-28-14-6-15-29-47/h4-22,24-36,41,43-44,52-54,57,68H,23,37-40,42H2,1-3H3,(H,63,73)(H,65,69)(H,66,71)(H,67,72)/t52-,53-,54-,57-/m1/s1. The molecule has 0 aliphatic carbocycles. The zero-order chi connectivity index (χ0) is 54.5. The van der Waals surface area contributed by atoms with Crippen molar-refractivity contribution in [3.8, 4) is 0 Å². The van der Waals surface area contributed by atoms with Gasteiger partial charge >= 0.3 is 5.97 Å². The average molecular weight is 1090 g/mol. The Kier molecular flexibility index (Phi) is 21.4. The Morgan fingerprint density at radius 1 is 0.610 bits per heavy atom. The van der Waals surface area contributed by atoms with Gasteiger partial charge in [-0.15, -0.1) is 34.9 Å². The molecule has 0 fully saturated rings. The summed E-state index contributed by atoms with van der Waals surface area (Å²) in [4.78, 5) is 73.4. The molecule has 0 saturated heterocycles. The van der Waals surface area contributed by atoms with Crippen LogP contribution in [0.4, 0.5) is 0 Å². The van der Waals surface area contributed by atoms with Crippen molar-refractivity contribution in [2.45, 2.75) is 66.8 Å². The van der Waals surface area contributed by atoms with Crippen LogP contribution in [-0.4, -0.2) is 89.1 Å². The second-order valence-electron chi connectivity index (χ2n) is 18.6. The quantitative estimate of drug-likeness (QED) is 0.0145. The minimum atomic E-state index is -1.27. The molecule has 77 heavy (non-hydrogen) atoms. The average Bonchev–Trinajstić information content (AvgIpc) is 3.99. The second kappa shape index (κ2) is 28.7. The number of nitrogens with zero attached hydrogens (tertiary/aromatic N) is 1. The van der Waals surface area contributed by atoms with Gasteiger partial charge in [-0.1, -0.05) is 208 Å². The van der Waals surface area contributed by atoms with Crippen LogP contribution in [-0.2, 0) is 44.6 Å². The maximum atomic E-state index is 14.8. The molecule has 5 N–H and O–H groups in total. The monoisotopic (exact) mass is 1090 g/mol. The molecule has 398 valence electrons. The number of carbonyl (C=O) groups excluding carboxylic acids is 5. The lowest BCUT2D eigenvalue weighted by Gasteiger charge is -2.37. The number of esters is 1. The van der Waals surface area contributed by atoms with Gasteiger partial charge in [0.25, 0.3) is 0 Å². The number of allylic oxidation sites excluding steroid dienone is 1. The first-order chi connectivity index (χ1) is 37.4. The van der Waals surface area contributed by atoms with E-state index < -0.39 is 75.8 Å². The van der Waals surface area contributed by atoms with E-state index in [0.29, 0.717) is 17.9 Å². The van der Waals surface area contributed by atoms with E-state index in [2.05, 4.69) is 99.0 Å². The summed E-state index contributed by atoms with van der Waals surface area (Å²) < 4.78 is 3.31. The molecule has 0 spiro atoms. The van der Waals surface area contributed by atoms with Gasteiger partial charge in [0, 0.05) is 17.6 Å². The van der Waals surface area contributed by atoms with Crippen LogP contribution in [0.3, 0.4) is 0 Å². The summed E-state index contributed by atoms with van der Waals surface area (Å²) in [7, 11) is 1.21. The van der Waals surface area contributed by atoms with Gasteiger partial charge in [-0.2, -0.15) is 0 Å². The predicted octanol–water partition coefficient (Wildman–Crippen LogP) is 9.23. The molecule has 15 heteroatoms. The number of thioether (sulfide) groups is 2. The van der Waals surface area contributed by atoms with Crippen LogP contribution in [0.1, 0.15) is 65.8 Å². The molecule has 0 saturated carbocycles. The molecule has 0 aliphatic rings. The van der Waals surface area contributed by atoms with Gasteiger partial charge < -0.3 is 31.1 Å². The van der Waals surface area contributed by atoms with Crippen LogP contribution in [0.2, 0.25) is 0 Å². The highest BCUT2D eigenvalue weighted by atomic mass is 32.2. The summed E-state index contributed by atoms with van der Waals surface area (Å²) in [6, 6.07) is 57.3. The highest BCUT2D eigenvalue weighted by Gasteiger charge is 2.40. The highest BCUT2D eigenvalue weighted by molar-refractivity contribution is 8.00. The predicted molar refractivity (Wildman–Crippen MR) is 309 cm³/mol. The first-order valence-corrected chi connectivity index (χ1v) is 28.4. The summed E-state index contributed by atoms with van der Waals surface area (Å²) in [6.45, 7) is 3.11. The molecule has 0 aliphatic heterocycles. The number of methoxy groups -OCH3 is 1. The second-order valence-corrected chi connectivity index (χ2v) is 21.9. The number of ether oxygens (including phenoxy) is 1. The summed E-state index contributed by atoms with van der Waals surface area (Å²) in [5.74, 6) is -2.93. The van der Waals surface area contributed by atoms with E-state index in [1.165, 1.54) is 30.2 Å². The third-order valence-corrected chi connectivity index (χ3v) is 16.8. The highest BCUT2D eigenvalue weighted by Crippen LogP contribution is 2.50. The van der Waals surface area contributed by atoms with Gasteiger partial charge in [0.05, 0.1) is 40.3 Å². The maximum absolute atomic E-state index is 14.8. The van der Waals surface area contributed by atoms with Gasteiger partial charge in [0.1, 0.15) is 24.7 Å². The number of rotatable bonds is 27. The summed E-state index contributed by atoms with van der Waals surface area (Å²) >= 11 is 4.57. The van der Waals surface area contributed by atoms with E-state index in [1.54, 1.807) is 42.6 Å². The number of amides is 4. The van der Waals surface area contributed by atoms with Crippen LogP contribution in [0.15, 0.2) is 205 Å². The Labute approximate surface area is 463 Å². The minimum Gasteiger partial charge on any atom is -0.468 e. The zero-order valence-corrected chi connectivity index (χ0v) is 45.8. The molecule has 6 aromatic carbocycles. The number of thiazole rings is 1. The SMILES string of the molecule is COC(=O)CNC(=O)[C@H](NC(=O)[C@@H](CSC(c1ccccc1)(c1ccccc1)c1ccccc1)NC(=O)[C@@H](Cc1cscn1)NC(=O)C[C@H](O)C=CCCSC(c1ccccc1)(c1ccccc1)c1ccccc1)C(C)C. The van der Waals surface area contributed by atoms with Crippen molar-refractivity contribution >= 4 is 64.5 Å². The van der Waals surface area contributed by atoms with Crippen LogP contribution < -0.4 is 21.3 Å². The molecule has 4 atom stereocenters. The summed E-state index contributed by atoms with van der Waals surface area (Å²) in [5, 5.41) is 24.2. The fourth-order valence-electron chi connectivity index (χ4n) is 9.13. The molecular formula is C62H65N5O7S3. The molecule has 0 bridgehead atoms. The van der Waals surface area contributed by atoms with E-state index in [-0.39, 0.29) is 18.6 Å². The Morgan fingerprint density at radius 3 is 1.47 bits per heavy atom. The summed E-state index contributed by atoms with van der Waals surface area (Å²) in [6.07, 6.45) is 2.56. The van der Waals surface area contributed by atoms with Crippen molar-refractivity contribution < 1.29 is 33.8 Å². The van der Waals surface area contributed by atoms with Gasteiger partial charge in [-0.05, 0) is 51.5 Å². The van der Waals surface area contributed by atoms with Crippen molar-refractivity contribution in [2.75, 3.05) is 25.2 Å². The third-order valence-electron chi connectivity index (χ3n) is 13.0. The third kappa shape index (κ3) is 15.2. The van der Waals surface area contributed by atoms with Crippen molar-refractivity contribution in [1.29, 1.82) is 0 Å². The Morgan fingerprint density at radius 2 is 1.05 bits per heavy atom. The number of aliphatic hydroxyl groups is 1. The molecule has 0 unspecified atom stereocenters. The Balaban J connectivity index is 1.11. The molecule has 0 radical (unpaired) electrons. The van der Waals surface area contributed by atoms with E-state index in [0.717, 1.165) is 33.4 Å². The number of aromatic nitrogens is 1. The summed E-state index contributed by atoms with van der Waals surface area (Å²) in [5.41, 5.74) is 8.38. The zero-order valence-electron chi connectivity index (χ0n) is 43.3. The van der Waals surface area contributed by atoms with Gasteiger partial charge in [-0.3, -0.25) is 24.0 Å². The van der Waals surface area contributed by atoms with Crippen molar-refractivity contribution in [3.63, 3.8) is 0 Å². The van der Waals surface area contributed by atoms with Gasteiger partial charge in [0.15, 0.2) is 0 Å². The van der Waals surface area contributed by atoms with Crippen LogP contribution in [0.5, 0.6) is 0 Å². The van der Waals surface area contributed by atoms with Crippen LogP contribution in [0.25, 0.3) is 0 Å². The topological polar surface area (TPSA) is 176 Å². The van der Waals surface area contributed by atoms with E-state index in [9.17, 15) is 29.1 Å². The fraction of sp³-hybridized carbons (Fsp3) is 0.258. The van der Waals surface area contributed by atoms with Crippen molar-refractivity contribution in [1.82, 2.24) is 26.3 Å². The van der Waals surface area contributed by atoms with E-state index in [1.807, 2.05) is 115 Å². The smallest absolute Gasteiger partial charge is 0.325 e. The lowest BCUT2D eigenvalue weighted by atomic mass is 9.84. The number of benzene rings is 6. The van der Waals surface area contributed by atoms with Crippen LogP contribution in [0, 0.1) is 5.92 Å². The van der Waals surface area contributed by atoms with Crippen LogP contribution >= 0.6 is 34.9 Å². The fourth-order valence-corrected chi connectivity index (χ4v) is 12.7. The number of hydrogen-bond acceptors (Lipinski definition) is 11. The maximum Gasteiger partial charge on any atom is 0.325 e. The molecule has 7 rings (SSSR count). The lowest BCUT2D eigenvalue weighted by molar-refractivity contribution is -0.141. The van der Waals surface area contributed by atoms with Crippen molar-refractivity contribution in [2.24, 2.45) is 5.92 Å². The molecular weight excluding hydrogens is 1020 g/mol. The molecule has 12 nitrogen and oxygen atoms in total. The molecule has 7 aromatic rings. The minimum absolute atomic E-state index is 0.00677. The number of hydrogen-bond donors (Lipinski definition) is 5. The van der Waals surface area contributed by atoms with Gasteiger partial charge in [0.2, 0.25) is 23.6 Å². The molecule has 4 amide bonds. The lowest BCUT2D eigenvalue weighted by Crippen LogP contribution is -2.59. The first kappa shape index (κ1) is 57.4. The largest absolute Gasteiger partial charge is 0.468 e. The van der Waals surface area contributed by atoms with E-state index >= 15 is 0 Å². The number of nitrogens with one attached hydrogen (secondary N) is 4. The van der Waals surface area contributed by atoms with E-state index in [4.69, 9.17) is 4.74 Å². The molecule has 1 aromatic heterocycles. The number of carbonyl (C=O) groups is 5. The number of aliphatic hydroxyl groups excluding tert-OH is 1. The Hall–Kier alpha value is -7.30. The van der Waals surface area contributed by atoms with Gasteiger partial charge in [-0.25, -0.2) is 4.98 Å².